The molecule has 6 heteroatoms. The first-order valence-electron chi connectivity index (χ1n) is 7.73. The summed E-state index contributed by atoms with van der Waals surface area (Å²) in [6.07, 6.45) is 0. The van der Waals surface area contributed by atoms with E-state index in [4.69, 9.17) is 0 Å². The Morgan fingerprint density at radius 3 is 2.35 bits per heavy atom. The normalized spacial score (nSPS) is 12.1. The number of benzene rings is 1. The highest BCUT2D eigenvalue weighted by Gasteiger charge is 2.08. The lowest BCUT2D eigenvalue weighted by atomic mass is 10.0. The number of aliphatic imine (C=N–C) groups is 1. The molecule has 0 aliphatic carbocycles. The van der Waals surface area contributed by atoms with Crippen LogP contribution in [0.15, 0.2) is 29.3 Å². The molecular weight excluding hydrogens is 403 g/mol. The maximum atomic E-state index is 11.6. The number of likely N-dealkylation sites (N-methyl/N-ethyl adjacent to an activating group) is 1. The van der Waals surface area contributed by atoms with Crippen molar-refractivity contribution in [1.29, 1.82) is 0 Å². The molecule has 0 bridgehead atoms. The summed E-state index contributed by atoms with van der Waals surface area (Å²) < 4.78 is 0. The summed E-state index contributed by atoms with van der Waals surface area (Å²) in [6, 6.07) is 8.56. The van der Waals surface area contributed by atoms with Crippen LogP contribution in [0.2, 0.25) is 0 Å². The minimum absolute atomic E-state index is 0. The molecule has 0 saturated heterocycles. The van der Waals surface area contributed by atoms with Crippen LogP contribution in [0.5, 0.6) is 0 Å². The monoisotopic (exact) mass is 432 g/mol. The lowest BCUT2D eigenvalue weighted by Crippen LogP contribution is -2.40. The van der Waals surface area contributed by atoms with Crippen LogP contribution in [0.3, 0.4) is 0 Å². The number of hydrogen-bond donors (Lipinski definition) is 2. The molecule has 1 unspecified atom stereocenters. The zero-order valence-electron chi connectivity index (χ0n) is 14.7. The largest absolute Gasteiger partial charge is 0.357 e. The second-order valence-electron chi connectivity index (χ2n) is 5.68. The van der Waals surface area contributed by atoms with E-state index in [1.54, 1.807) is 19.0 Å². The third-order valence-corrected chi connectivity index (χ3v) is 3.44. The van der Waals surface area contributed by atoms with Gasteiger partial charge < -0.3 is 15.5 Å². The van der Waals surface area contributed by atoms with Crippen molar-refractivity contribution in [2.24, 2.45) is 4.99 Å². The van der Waals surface area contributed by atoms with Crippen LogP contribution in [0.1, 0.15) is 30.9 Å². The Hall–Kier alpha value is -1.31. The lowest BCUT2D eigenvalue weighted by Gasteiger charge is -2.17. The quantitative estimate of drug-likeness (QED) is 0.412. The molecular formula is C17H29IN4O. The van der Waals surface area contributed by atoms with E-state index in [9.17, 15) is 4.79 Å². The molecule has 1 aromatic rings. The van der Waals surface area contributed by atoms with Crippen LogP contribution >= 0.6 is 24.0 Å². The van der Waals surface area contributed by atoms with Gasteiger partial charge in [-0.25, -0.2) is 4.99 Å². The van der Waals surface area contributed by atoms with E-state index in [1.807, 2.05) is 6.92 Å². The first-order chi connectivity index (χ1) is 10.4. The third-order valence-electron chi connectivity index (χ3n) is 3.44. The van der Waals surface area contributed by atoms with Crippen molar-refractivity contribution in [3.05, 3.63) is 35.4 Å². The van der Waals surface area contributed by atoms with Gasteiger partial charge in [0.25, 0.3) is 0 Å². The van der Waals surface area contributed by atoms with E-state index in [2.05, 4.69) is 53.7 Å². The Kier molecular flexibility index (Phi) is 10.6. The van der Waals surface area contributed by atoms with Gasteiger partial charge in [-0.2, -0.15) is 0 Å². The van der Waals surface area contributed by atoms with Gasteiger partial charge in [0.1, 0.15) is 6.54 Å². The van der Waals surface area contributed by atoms with Gasteiger partial charge in [-0.05, 0) is 25.3 Å². The van der Waals surface area contributed by atoms with Crippen molar-refractivity contribution >= 4 is 35.8 Å². The van der Waals surface area contributed by atoms with Crippen LogP contribution in [0.4, 0.5) is 0 Å². The average molecular weight is 432 g/mol. The number of halogens is 1. The molecule has 130 valence electrons. The summed E-state index contributed by atoms with van der Waals surface area (Å²) in [4.78, 5) is 17.5. The van der Waals surface area contributed by atoms with Crippen LogP contribution in [0.25, 0.3) is 0 Å². The van der Waals surface area contributed by atoms with E-state index in [-0.39, 0.29) is 36.4 Å². The van der Waals surface area contributed by atoms with Gasteiger partial charge in [-0.1, -0.05) is 36.8 Å². The number of aryl methyl sites for hydroxylation is 1. The van der Waals surface area contributed by atoms with Crippen molar-refractivity contribution < 1.29 is 4.79 Å². The maximum Gasteiger partial charge on any atom is 0.243 e. The predicted molar refractivity (Wildman–Crippen MR) is 108 cm³/mol. The summed E-state index contributed by atoms with van der Waals surface area (Å²) in [5.74, 6) is 1.04. The second-order valence-corrected chi connectivity index (χ2v) is 5.68. The van der Waals surface area contributed by atoms with Crippen molar-refractivity contribution in [1.82, 2.24) is 15.5 Å². The van der Waals surface area contributed by atoms with Gasteiger partial charge in [0.2, 0.25) is 5.91 Å². The molecule has 0 saturated carbocycles. The lowest BCUT2D eigenvalue weighted by molar-refractivity contribution is -0.127. The predicted octanol–water partition coefficient (Wildman–Crippen LogP) is 2.36. The highest BCUT2D eigenvalue weighted by molar-refractivity contribution is 14.0. The zero-order valence-corrected chi connectivity index (χ0v) is 17.0. The number of guanidine groups is 1. The minimum Gasteiger partial charge on any atom is -0.357 e. The number of hydrogen-bond acceptors (Lipinski definition) is 2. The van der Waals surface area contributed by atoms with Crippen LogP contribution in [-0.2, 0) is 4.79 Å². The fraction of sp³-hybridized carbons (Fsp3) is 0.529. The first-order valence-corrected chi connectivity index (χ1v) is 7.73. The maximum absolute atomic E-state index is 11.6. The molecule has 1 aromatic carbocycles. The highest BCUT2D eigenvalue weighted by Crippen LogP contribution is 2.14. The highest BCUT2D eigenvalue weighted by atomic mass is 127. The van der Waals surface area contributed by atoms with Crippen LogP contribution < -0.4 is 10.6 Å². The molecule has 0 spiro atoms. The Morgan fingerprint density at radius 1 is 1.22 bits per heavy atom. The van der Waals surface area contributed by atoms with Gasteiger partial charge in [0, 0.05) is 27.2 Å². The SMILES string of the molecule is CCNC(=NCC(=O)N(C)C)NCC(C)c1ccc(C)cc1.I. The number of carbonyl (C=O) groups is 1. The number of carbonyl (C=O) groups excluding carboxylic acids is 1. The molecule has 0 aromatic heterocycles. The second kappa shape index (κ2) is 11.3. The van der Waals surface area contributed by atoms with Gasteiger partial charge in [-0.3, -0.25) is 4.79 Å². The topological polar surface area (TPSA) is 56.7 Å². The number of amides is 1. The fourth-order valence-electron chi connectivity index (χ4n) is 1.89. The Morgan fingerprint density at radius 2 is 1.83 bits per heavy atom. The Balaban J connectivity index is 0.00000484. The standard InChI is InChI=1S/C17H28N4O.HI/c1-6-18-17(20-12-16(22)21(4)5)19-11-14(3)15-9-7-13(2)8-10-15;/h7-10,14H,6,11-12H2,1-5H3,(H2,18,19,20);1H. The fourth-order valence-corrected chi connectivity index (χ4v) is 1.89. The van der Waals surface area contributed by atoms with Crippen LogP contribution in [-0.4, -0.2) is 50.5 Å². The third kappa shape index (κ3) is 8.20. The molecule has 0 fully saturated rings. The number of nitrogens with zero attached hydrogens (tertiary/aromatic N) is 2. The molecule has 0 aliphatic heterocycles. The van der Waals surface area contributed by atoms with Crippen molar-refractivity contribution in [2.75, 3.05) is 33.7 Å². The first kappa shape index (κ1) is 21.7. The summed E-state index contributed by atoms with van der Waals surface area (Å²) >= 11 is 0. The molecule has 0 heterocycles. The molecule has 0 aliphatic rings. The van der Waals surface area contributed by atoms with E-state index >= 15 is 0 Å². The van der Waals surface area contributed by atoms with Crippen molar-refractivity contribution in [2.45, 2.75) is 26.7 Å². The molecule has 5 nitrogen and oxygen atoms in total. The van der Waals surface area contributed by atoms with E-state index in [0.29, 0.717) is 11.9 Å². The molecule has 23 heavy (non-hydrogen) atoms. The number of rotatable bonds is 6. The van der Waals surface area contributed by atoms with Crippen molar-refractivity contribution in [3.63, 3.8) is 0 Å². The smallest absolute Gasteiger partial charge is 0.243 e. The zero-order chi connectivity index (χ0) is 16.5. The molecule has 1 atom stereocenters. The minimum atomic E-state index is -0.0104. The summed E-state index contributed by atoms with van der Waals surface area (Å²) in [5.41, 5.74) is 2.55. The number of nitrogens with one attached hydrogen (secondary N) is 2. The van der Waals surface area contributed by atoms with E-state index in [1.165, 1.54) is 11.1 Å². The van der Waals surface area contributed by atoms with E-state index in [0.717, 1.165) is 13.1 Å². The van der Waals surface area contributed by atoms with Gasteiger partial charge >= 0.3 is 0 Å². The summed E-state index contributed by atoms with van der Waals surface area (Å²) in [6.45, 7) is 7.96. The molecule has 0 radical (unpaired) electrons. The average Bonchev–Trinajstić information content (AvgIpc) is 2.49. The van der Waals surface area contributed by atoms with Gasteiger partial charge in [0.05, 0.1) is 0 Å². The Bertz CT molecular complexity index is 500. The van der Waals surface area contributed by atoms with Crippen LogP contribution in [0, 0.1) is 6.92 Å². The van der Waals surface area contributed by atoms with E-state index < -0.39 is 0 Å². The Labute approximate surface area is 157 Å². The molecule has 2 N–H and O–H groups in total. The molecule has 1 amide bonds. The van der Waals surface area contributed by atoms with Gasteiger partial charge in [0.15, 0.2) is 5.96 Å². The molecule has 1 rings (SSSR count). The van der Waals surface area contributed by atoms with Crippen molar-refractivity contribution in [3.8, 4) is 0 Å². The van der Waals surface area contributed by atoms with Gasteiger partial charge in [-0.15, -0.1) is 24.0 Å². The summed E-state index contributed by atoms with van der Waals surface area (Å²) in [7, 11) is 3.47. The summed E-state index contributed by atoms with van der Waals surface area (Å²) in [5, 5.41) is 6.46.